The second-order valence-corrected chi connectivity index (χ2v) is 11.8. The van der Waals surface area contributed by atoms with E-state index in [4.69, 9.17) is 0 Å². The molecule has 3 saturated carbocycles. The fraction of sp³-hybridized carbons (Fsp3) is 0.852. The van der Waals surface area contributed by atoms with Gasteiger partial charge in [-0.3, -0.25) is 0 Å². The number of halogens is 2. The van der Waals surface area contributed by atoms with Gasteiger partial charge >= 0.3 is 0 Å². The highest BCUT2D eigenvalue weighted by Crippen LogP contribution is 2.59. The van der Waals surface area contributed by atoms with Crippen LogP contribution in [0.5, 0.6) is 0 Å². The van der Waals surface area contributed by atoms with Crippen LogP contribution in [0.4, 0.5) is 8.78 Å². The maximum absolute atomic E-state index is 13.7. The maximum Gasteiger partial charge on any atom is 0.249 e. The lowest BCUT2D eigenvalue weighted by atomic mass is 9.61. The third kappa shape index (κ3) is 5.15. The second kappa shape index (κ2) is 9.46. The van der Waals surface area contributed by atoms with Crippen LogP contribution in [-0.4, -0.2) is 52.9 Å². The van der Waals surface area contributed by atoms with Crippen molar-refractivity contribution in [3.63, 3.8) is 0 Å². The molecule has 32 heavy (non-hydrogen) atoms. The van der Waals surface area contributed by atoms with Crippen LogP contribution in [0.25, 0.3) is 0 Å². The normalized spacial score (nSPS) is 42.5. The molecule has 0 radical (unpaired) electrons. The van der Waals surface area contributed by atoms with Gasteiger partial charge in [-0.05, 0) is 94.4 Å². The van der Waals surface area contributed by atoms with Crippen LogP contribution < -0.4 is 0 Å². The first kappa shape index (κ1) is 24.3. The van der Waals surface area contributed by atoms with Gasteiger partial charge in [0.25, 0.3) is 0 Å². The third-order valence-electron chi connectivity index (χ3n) is 9.33. The molecule has 1 heterocycles. The molecule has 0 aromatic rings. The van der Waals surface area contributed by atoms with Gasteiger partial charge in [-0.2, -0.15) is 0 Å². The largest absolute Gasteiger partial charge is 0.393 e. The van der Waals surface area contributed by atoms with Crippen LogP contribution in [0.1, 0.15) is 78.6 Å². The molecule has 0 bridgehead atoms. The molecule has 1 saturated heterocycles. The van der Waals surface area contributed by atoms with Crippen molar-refractivity contribution in [1.29, 1.82) is 0 Å². The van der Waals surface area contributed by atoms with Gasteiger partial charge in [-0.25, -0.2) is 8.78 Å². The van der Waals surface area contributed by atoms with Crippen molar-refractivity contribution < 1.29 is 19.0 Å². The molecule has 0 aromatic carbocycles. The van der Waals surface area contributed by atoms with Crippen molar-refractivity contribution in [1.82, 2.24) is 4.90 Å². The molecule has 0 unspecified atom stereocenters. The van der Waals surface area contributed by atoms with Gasteiger partial charge in [0.15, 0.2) is 0 Å². The zero-order valence-corrected chi connectivity index (χ0v) is 20.2. The summed E-state index contributed by atoms with van der Waals surface area (Å²) in [6, 6.07) is 0. The highest BCUT2D eigenvalue weighted by Gasteiger charge is 2.51. The Morgan fingerprint density at radius 3 is 2.53 bits per heavy atom. The number of fused-ring (bicyclic) bond motifs is 1. The summed E-state index contributed by atoms with van der Waals surface area (Å²) in [5.41, 5.74) is 3.00. The lowest BCUT2D eigenvalue weighted by Gasteiger charge is -2.45. The van der Waals surface area contributed by atoms with Crippen LogP contribution in [0.2, 0.25) is 0 Å². The number of aliphatic hydroxyl groups excluding tert-OH is 2. The number of likely N-dealkylation sites (tertiary alicyclic amines) is 1. The molecule has 2 N–H and O–H groups in total. The number of allylic oxidation sites excluding steroid dienone is 3. The zero-order valence-electron chi connectivity index (χ0n) is 20.2. The van der Waals surface area contributed by atoms with Crippen molar-refractivity contribution in [2.75, 3.05) is 19.6 Å². The number of hydrogen-bond donors (Lipinski definition) is 2. The van der Waals surface area contributed by atoms with E-state index in [0.29, 0.717) is 55.4 Å². The zero-order chi connectivity index (χ0) is 23.1. The third-order valence-corrected chi connectivity index (χ3v) is 9.33. The van der Waals surface area contributed by atoms with Crippen molar-refractivity contribution >= 4 is 0 Å². The maximum atomic E-state index is 13.7. The van der Waals surface area contributed by atoms with Gasteiger partial charge in [-0.1, -0.05) is 37.1 Å². The van der Waals surface area contributed by atoms with E-state index in [1.165, 1.54) is 25.7 Å². The van der Waals surface area contributed by atoms with Crippen LogP contribution in [0.15, 0.2) is 23.3 Å². The highest BCUT2D eigenvalue weighted by molar-refractivity contribution is 5.26. The van der Waals surface area contributed by atoms with E-state index in [0.717, 1.165) is 32.0 Å². The minimum Gasteiger partial charge on any atom is -0.393 e. The van der Waals surface area contributed by atoms with Crippen LogP contribution in [-0.2, 0) is 0 Å². The molecule has 4 fully saturated rings. The topological polar surface area (TPSA) is 43.7 Å². The minimum absolute atomic E-state index is 0.293. The average Bonchev–Trinajstić information content (AvgIpc) is 3.29. The van der Waals surface area contributed by atoms with Gasteiger partial charge < -0.3 is 15.1 Å². The monoisotopic (exact) mass is 451 g/mol. The fourth-order valence-electron chi connectivity index (χ4n) is 7.69. The van der Waals surface area contributed by atoms with E-state index < -0.39 is 24.0 Å². The SMILES string of the molecule is C[C@@H](CN1CC[C@@H](C(C)(F)F)C1)[C@H]1CC[C@H]2/C(=C/C=C3C[C@@H](O)C[C@@H](O)C3)CCC[C@]12C. The molecule has 1 aliphatic heterocycles. The average molecular weight is 452 g/mol. The predicted molar refractivity (Wildman–Crippen MR) is 125 cm³/mol. The van der Waals surface area contributed by atoms with E-state index >= 15 is 0 Å². The van der Waals surface area contributed by atoms with Crippen molar-refractivity contribution in [2.45, 2.75) is 96.7 Å². The predicted octanol–water partition coefficient (Wildman–Crippen LogP) is 5.57. The van der Waals surface area contributed by atoms with Crippen LogP contribution in [0.3, 0.4) is 0 Å². The molecule has 4 aliphatic rings. The highest BCUT2D eigenvalue weighted by atomic mass is 19.3. The molecule has 7 atom stereocenters. The molecular formula is C27H43F2NO2. The molecule has 0 amide bonds. The molecule has 0 aromatic heterocycles. The van der Waals surface area contributed by atoms with Gasteiger partial charge in [0.1, 0.15) is 0 Å². The molecule has 0 spiro atoms. The Bertz CT molecular complexity index is 718. The summed E-state index contributed by atoms with van der Waals surface area (Å²) < 4.78 is 27.5. The first-order valence-corrected chi connectivity index (χ1v) is 12.9. The van der Waals surface area contributed by atoms with Crippen molar-refractivity contribution in [3.8, 4) is 0 Å². The van der Waals surface area contributed by atoms with Crippen LogP contribution >= 0.6 is 0 Å². The fourth-order valence-corrected chi connectivity index (χ4v) is 7.69. The number of hydrogen-bond acceptors (Lipinski definition) is 3. The Hall–Kier alpha value is -0.780. The quantitative estimate of drug-likeness (QED) is 0.574. The molecule has 3 aliphatic carbocycles. The Morgan fingerprint density at radius 1 is 1.16 bits per heavy atom. The molecule has 3 nitrogen and oxygen atoms in total. The summed E-state index contributed by atoms with van der Waals surface area (Å²) in [7, 11) is 0. The lowest BCUT2D eigenvalue weighted by Crippen LogP contribution is -2.40. The van der Waals surface area contributed by atoms with Crippen molar-refractivity contribution in [2.24, 2.45) is 29.1 Å². The number of aliphatic hydroxyl groups is 2. The van der Waals surface area contributed by atoms with E-state index in [-0.39, 0.29) is 0 Å². The van der Waals surface area contributed by atoms with Gasteiger partial charge in [0.05, 0.1) is 12.2 Å². The van der Waals surface area contributed by atoms with Gasteiger partial charge in [-0.15, -0.1) is 0 Å². The van der Waals surface area contributed by atoms with E-state index in [2.05, 4.69) is 30.9 Å². The first-order valence-electron chi connectivity index (χ1n) is 12.9. The summed E-state index contributed by atoms with van der Waals surface area (Å²) in [5, 5.41) is 20.0. The van der Waals surface area contributed by atoms with Gasteiger partial charge in [0, 0.05) is 19.0 Å². The summed E-state index contributed by atoms with van der Waals surface area (Å²) >= 11 is 0. The van der Waals surface area contributed by atoms with E-state index in [1.807, 2.05) is 0 Å². The minimum atomic E-state index is -2.57. The first-order chi connectivity index (χ1) is 15.1. The Labute approximate surface area is 193 Å². The Morgan fingerprint density at radius 2 is 1.88 bits per heavy atom. The molecule has 4 rings (SSSR count). The van der Waals surface area contributed by atoms with E-state index in [1.54, 1.807) is 5.57 Å². The van der Waals surface area contributed by atoms with Gasteiger partial charge in [0.2, 0.25) is 5.92 Å². The number of alkyl halides is 2. The number of rotatable bonds is 5. The van der Waals surface area contributed by atoms with E-state index in [9.17, 15) is 19.0 Å². The Kier molecular flexibility index (Phi) is 7.20. The lowest BCUT2D eigenvalue weighted by molar-refractivity contribution is -0.0360. The van der Waals surface area contributed by atoms with Crippen LogP contribution in [0, 0.1) is 29.1 Å². The number of nitrogens with zero attached hydrogens (tertiary/aromatic N) is 1. The Balaban J connectivity index is 1.41. The standard InChI is InChI=1S/C27H43F2NO2/c1-18(16-30-12-10-21(17-30)27(3,28)29)24-8-9-25-20(5-4-11-26(24,25)2)7-6-19-13-22(31)15-23(32)14-19/h6-7,18,21-25,31-32H,4-5,8-17H2,1-3H3/b19-6?,20-7+/t18-,21+,22-,23+,24+,25-,26+/m0/s1. The van der Waals surface area contributed by atoms with Crippen molar-refractivity contribution in [3.05, 3.63) is 23.3 Å². The summed E-state index contributed by atoms with van der Waals surface area (Å²) in [6.07, 6.45) is 12.2. The summed E-state index contributed by atoms with van der Waals surface area (Å²) in [6.45, 7) is 8.19. The smallest absolute Gasteiger partial charge is 0.249 e. The molecule has 182 valence electrons. The second-order valence-electron chi connectivity index (χ2n) is 11.8. The molecular weight excluding hydrogens is 408 g/mol. The summed E-state index contributed by atoms with van der Waals surface area (Å²) in [4.78, 5) is 2.28. The molecule has 5 heteroatoms. The summed E-state index contributed by atoms with van der Waals surface area (Å²) in [5.74, 6) is -1.29.